The van der Waals surface area contributed by atoms with Crippen LogP contribution in [-0.2, 0) is 12.7 Å². The monoisotopic (exact) mass is 317 g/mol. The lowest BCUT2D eigenvalue weighted by Gasteiger charge is -2.15. The Labute approximate surface area is 124 Å². The minimum Gasteiger partial charge on any atom is -0.380 e. The molecule has 0 spiro atoms. The second-order valence-corrected chi connectivity index (χ2v) is 5.07. The predicted octanol–water partition coefficient (Wildman–Crippen LogP) is 5.42. The molecule has 0 amide bonds. The molecule has 2 rings (SSSR count). The van der Waals surface area contributed by atoms with Crippen molar-refractivity contribution in [2.45, 2.75) is 19.6 Å². The topological polar surface area (TPSA) is 12.0 Å². The summed E-state index contributed by atoms with van der Waals surface area (Å²) in [7, 11) is 0. The van der Waals surface area contributed by atoms with Gasteiger partial charge in [0, 0.05) is 22.8 Å². The molecule has 0 aliphatic rings. The third-order valence-corrected chi connectivity index (χ3v) is 3.19. The summed E-state index contributed by atoms with van der Waals surface area (Å²) >= 11 is 5.60. The van der Waals surface area contributed by atoms with Crippen molar-refractivity contribution in [3.63, 3.8) is 0 Å². The lowest BCUT2D eigenvalue weighted by atomic mass is 10.1. The second kappa shape index (κ2) is 5.93. The molecule has 0 aliphatic carbocycles. The molecule has 0 atom stereocenters. The highest BCUT2D eigenvalue weighted by Crippen LogP contribution is 2.36. The van der Waals surface area contributed by atoms with Gasteiger partial charge in [-0.3, -0.25) is 0 Å². The summed E-state index contributed by atoms with van der Waals surface area (Å²) in [6.45, 7) is 1.74. The number of benzene rings is 2. The van der Waals surface area contributed by atoms with Crippen LogP contribution in [0.5, 0.6) is 0 Å². The largest absolute Gasteiger partial charge is 0.418 e. The van der Waals surface area contributed by atoms with Crippen molar-refractivity contribution < 1.29 is 17.6 Å². The fraction of sp³-hybridized carbons (Fsp3) is 0.200. The summed E-state index contributed by atoms with van der Waals surface area (Å²) in [4.78, 5) is 0. The zero-order valence-corrected chi connectivity index (χ0v) is 11.8. The molecule has 0 heterocycles. The van der Waals surface area contributed by atoms with Crippen LogP contribution in [-0.4, -0.2) is 0 Å². The first-order valence-electron chi connectivity index (χ1n) is 6.13. The van der Waals surface area contributed by atoms with Crippen LogP contribution in [0.15, 0.2) is 36.4 Å². The van der Waals surface area contributed by atoms with Crippen molar-refractivity contribution in [2.75, 3.05) is 5.32 Å². The van der Waals surface area contributed by atoms with Gasteiger partial charge in [-0.25, -0.2) is 4.39 Å². The Hall–Kier alpha value is -1.75. The number of halogens is 5. The van der Waals surface area contributed by atoms with Gasteiger partial charge in [-0.05, 0) is 31.2 Å². The second-order valence-electron chi connectivity index (χ2n) is 4.64. The van der Waals surface area contributed by atoms with Crippen LogP contribution in [0.2, 0.25) is 5.02 Å². The molecular weight excluding hydrogens is 306 g/mol. The van der Waals surface area contributed by atoms with Gasteiger partial charge in [0.05, 0.1) is 5.56 Å². The highest BCUT2D eigenvalue weighted by atomic mass is 35.5. The molecule has 2 aromatic rings. The molecule has 21 heavy (non-hydrogen) atoms. The Balaban J connectivity index is 2.26. The number of rotatable bonds is 3. The Bertz CT molecular complexity index is 653. The van der Waals surface area contributed by atoms with Crippen LogP contribution < -0.4 is 5.32 Å². The first-order valence-corrected chi connectivity index (χ1v) is 6.51. The Kier molecular flexibility index (Phi) is 4.42. The summed E-state index contributed by atoms with van der Waals surface area (Å²) in [6, 6.07) is 7.91. The van der Waals surface area contributed by atoms with Gasteiger partial charge in [0.15, 0.2) is 0 Å². The van der Waals surface area contributed by atoms with E-state index < -0.39 is 17.6 Å². The highest BCUT2D eigenvalue weighted by Gasteiger charge is 2.33. The zero-order valence-electron chi connectivity index (χ0n) is 11.1. The smallest absolute Gasteiger partial charge is 0.380 e. The maximum Gasteiger partial charge on any atom is 0.418 e. The van der Waals surface area contributed by atoms with E-state index in [1.807, 2.05) is 0 Å². The van der Waals surface area contributed by atoms with Crippen LogP contribution in [0.25, 0.3) is 0 Å². The van der Waals surface area contributed by atoms with Gasteiger partial charge in [-0.15, -0.1) is 0 Å². The number of anilines is 1. The van der Waals surface area contributed by atoms with Gasteiger partial charge in [-0.2, -0.15) is 13.2 Å². The van der Waals surface area contributed by atoms with Gasteiger partial charge in [-0.1, -0.05) is 29.3 Å². The van der Waals surface area contributed by atoms with Crippen molar-refractivity contribution in [3.05, 3.63) is 63.9 Å². The maximum atomic E-state index is 13.6. The first-order chi connectivity index (χ1) is 9.77. The Morgan fingerprint density at radius 2 is 1.81 bits per heavy atom. The Morgan fingerprint density at radius 1 is 1.10 bits per heavy atom. The van der Waals surface area contributed by atoms with Gasteiger partial charge >= 0.3 is 6.18 Å². The van der Waals surface area contributed by atoms with Crippen molar-refractivity contribution >= 4 is 17.3 Å². The summed E-state index contributed by atoms with van der Waals surface area (Å²) in [5.41, 5.74) is 0.134. The maximum absolute atomic E-state index is 13.6. The van der Waals surface area contributed by atoms with E-state index >= 15 is 0 Å². The van der Waals surface area contributed by atoms with Crippen LogP contribution in [0.1, 0.15) is 16.7 Å². The van der Waals surface area contributed by atoms with E-state index in [9.17, 15) is 17.6 Å². The lowest BCUT2D eigenvalue weighted by Crippen LogP contribution is -2.11. The molecule has 0 radical (unpaired) electrons. The van der Waals surface area contributed by atoms with Crippen molar-refractivity contribution in [1.29, 1.82) is 0 Å². The molecule has 1 nitrogen and oxygen atoms in total. The highest BCUT2D eigenvalue weighted by molar-refractivity contribution is 6.30. The van der Waals surface area contributed by atoms with E-state index in [4.69, 9.17) is 11.6 Å². The van der Waals surface area contributed by atoms with E-state index in [1.54, 1.807) is 19.1 Å². The van der Waals surface area contributed by atoms with E-state index in [0.717, 1.165) is 11.6 Å². The quantitative estimate of drug-likeness (QED) is 0.745. The average molecular weight is 318 g/mol. The molecular formula is C15H12ClF4N. The number of hydrogen-bond acceptors (Lipinski definition) is 1. The van der Waals surface area contributed by atoms with Crippen LogP contribution in [0.4, 0.5) is 23.2 Å². The van der Waals surface area contributed by atoms with Crippen molar-refractivity contribution in [3.8, 4) is 0 Å². The minimum atomic E-state index is -4.53. The fourth-order valence-corrected chi connectivity index (χ4v) is 2.11. The summed E-state index contributed by atoms with van der Waals surface area (Å²) < 4.78 is 52.4. The third-order valence-electron chi connectivity index (χ3n) is 2.96. The molecule has 0 saturated carbocycles. The van der Waals surface area contributed by atoms with Crippen molar-refractivity contribution in [1.82, 2.24) is 0 Å². The van der Waals surface area contributed by atoms with Crippen molar-refractivity contribution in [2.24, 2.45) is 0 Å². The SMILES string of the molecule is Cc1ccc(F)c(CNc2ccc(Cl)cc2C(F)(F)F)c1. The Morgan fingerprint density at radius 3 is 2.48 bits per heavy atom. The molecule has 0 fully saturated rings. The molecule has 112 valence electrons. The molecule has 2 aromatic carbocycles. The molecule has 6 heteroatoms. The minimum absolute atomic E-state index is 0.00499. The van der Waals surface area contributed by atoms with E-state index in [-0.39, 0.29) is 17.3 Å². The lowest BCUT2D eigenvalue weighted by molar-refractivity contribution is -0.136. The zero-order chi connectivity index (χ0) is 15.6. The molecule has 0 bridgehead atoms. The van der Waals surface area contributed by atoms with Crippen LogP contribution in [0, 0.1) is 12.7 Å². The number of nitrogens with one attached hydrogen (secondary N) is 1. The number of hydrogen-bond donors (Lipinski definition) is 1. The third kappa shape index (κ3) is 3.88. The number of aryl methyl sites for hydroxylation is 1. The van der Waals surface area contributed by atoms with Crippen LogP contribution in [0.3, 0.4) is 0 Å². The molecule has 1 N–H and O–H groups in total. The van der Waals surface area contributed by atoms with Gasteiger partial charge < -0.3 is 5.32 Å². The van der Waals surface area contributed by atoms with Gasteiger partial charge in [0.1, 0.15) is 5.82 Å². The summed E-state index contributed by atoms with van der Waals surface area (Å²) in [5, 5.41) is 2.61. The number of alkyl halides is 3. The summed E-state index contributed by atoms with van der Waals surface area (Å²) in [5.74, 6) is -0.462. The average Bonchev–Trinajstić information content (AvgIpc) is 2.40. The standard InChI is InChI=1S/C15H12ClF4N/c1-9-2-4-13(17)10(6-9)8-21-14-5-3-11(16)7-12(14)15(18,19)20/h2-7,21H,8H2,1H3. The van der Waals surface area contributed by atoms with E-state index in [1.165, 1.54) is 18.2 Å². The molecule has 0 unspecified atom stereocenters. The first kappa shape index (κ1) is 15.6. The van der Waals surface area contributed by atoms with Gasteiger partial charge in [0.25, 0.3) is 0 Å². The van der Waals surface area contributed by atoms with E-state index in [0.29, 0.717) is 5.56 Å². The van der Waals surface area contributed by atoms with E-state index in [2.05, 4.69) is 5.32 Å². The molecule has 0 aromatic heterocycles. The molecule has 0 saturated heterocycles. The molecule has 0 aliphatic heterocycles. The van der Waals surface area contributed by atoms with Gasteiger partial charge in [0.2, 0.25) is 0 Å². The predicted molar refractivity (Wildman–Crippen MR) is 74.9 cm³/mol. The summed E-state index contributed by atoms with van der Waals surface area (Å²) in [6.07, 6.45) is -4.53. The fourth-order valence-electron chi connectivity index (χ4n) is 1.93. The normalized spacial score (nSPS) is 11.5. The van der Waals surface area contributed by atoms with Crippen LogP contribution >= 0.6 is 11.6 Å².